The van der Waals surface area contributed by atoms with E-state index in [-0.39, 0.29) is 22.8 Å². The molecule has 32 heavy (non-hydrogen) atoms. The van der Waals surface area contributed by atoms with Crippen molar-refractivity contribution in [3.05, 3.63) is 48.5 Å². The normalized spacial score (nSPS) is 14.6. The average Bonchev–Trinajstić information content (AvgIpc) is 2.78. The van der Waals surface area contributed by atoms with E-state index in [1.54, 1.807) is 36.3 Å². The Morgan fingerprint density at radius 1 is 1.03 bits per heavy atom. The Balaban J connectivity index is 1.48. The standard InChI is InChI=1S/C22H28N4O5S/c1-16(27)24-18-7-9-19(10-8-18)32(29,30)23-15-17-11-13-26(14-12-17)22(28)25-20-5-3-4-6-21(20)31-2/h3-10,17,23H,11-15H2,1-2H3,(H,24,27)(H,25,28). The van der Waals surface area contributed by atoms with Crippen LogP contribution in [0.2, 0.25) is 0 Å². The average molecular weight is 461 g/mol. The third-order valence-electron chi connectivity index (χ3n) is 5.30. The maximum Gasteiger partial charge on any atom is 0.321 e. The van der Waals surface area contributed by atoms with E-state index < -0.39 is 10.0 Å². The molecule has 1 saturated heterocycles. The number of hydrogen-bond acceptors (Lipinski definition) is 5. The van der Waals surface area contributed by atoms with Gasteiger partial charge in [0.25, 0.3) is 0 Å². The molecule has 1 aliphatic rings. The first kappa shape index (κ1) is 23.6. The second-order valence-corrected chi connectivity index (χ2v) is 9.39. The zero-order chi connectivity index (χ0) is 23.1. The molecule has 0 aromatic heterocycles. The fourth-order valence-electron chi connectivity index (χ4n) is 3.51. The predicted molar refractivity (Wildman–Crippen MR) is 122 cm³/mol. The smallest absolute Gasteiger partial charge is 0.321 e. The molecule has 1 aliphatic heterocycles. The minimum absolute atomic E-state index is 0.138. The van der Waals surface area contributed by atoms with E-state index in [9.17, 15) is 18.0 Å². The van der Waals surface area contributed by atoms with Gasteiger partial charge in [-0.3, -0.25) is 4.79 Å². The van der Waals surface area contributed by atoms with Crippen LogP contribution in [0.3, 0.4) is 0 Å². The molecule has 1 heterocycles. The number of carbonyl (C=O) groups excluding carboxylic acids is 2. The molecule has 2 aromatic carbocycles. The largest absolute Gasteiger partial charge is 0.495 e. The number of methoxy groups -OCH3 is 1. The summed E-state index contributed by atoms with van der Waals surface area (Å²) >= 11 is 0. The van der Waals surface area contributed by atoms with E-state index in [1.165, 1.54) is 19.1 Å². The summed E-state index contributed by atoms with van der Waals surface area (Å²) in [6.07, 6.45) is 1.40. The van der Waals surface area contributed by atoms with Gasteiger partial charge in [-0.05, 0) is 55.2 Å². The van der Waals surface area contributed by atoms with E-state index in [0.717, 1.165) is 0 Å². The van der Waals surface area contributed by atoms with Crippen LogP contribution in [0.15, 0.2) is 53.4 Å². The molecule has 1 fully saturated rings. The van der Waals surface area contributed by atoms with E-state index in [4.69, 9.17) is 4.74 Å². The number of hydrogen-bond donors (Lipinski definition) is 3. The van der Waals surface area contributed by atoms with Crippen molar-refractivity contribution in [1.82, 2.24) is 9.62 Å². The molecule has 3 N–H and O–H groups in total. The lowest BCUT2D eigenvalue weighted by atomic mass is 9.97. The molecular formula is C22H28N4O5S. The number of rotatable bonds is 7. The number of urea groups is 1. The van der Waals surface area contributed by atoms with Crippen molar-refractivity contribution in [2.24, 2.45) is 5.92 Å². The number of sulfonamides is 1. The molecule has 0 bridgehead atoms. The molecule has 3 amide bonds. The van der Waals surface area contributed by atoms with Gasteiger partial charge in [-0.2, -0.15) is 0 Å². The van der Waals surface area contributed by atoms with Gasteiger partial charge < -0.3 is 20.3 Å². The Kier molecular flexibility index (Phi) is 7.70. The van der Waals surface area contributed by atoms with Crippen LogP contribution in [0.5, 0.6) is 5.75 Å². The molecule has 0 unspecified atom stereocenters. The van der Waals surface area contributed by atoms with Crippen molar-refractivity contribution in [2.75, 3.05) is 37.4 Å². The lowest BCUT2D eigenvalue weighted by molar-refractivity contribution is -0.114. The summed E-state index contributed by atoms with van der Waals surface area (Å²) in [4.78, 5) is 25.5. The lowest BCUT2D eigenvalue weighted by Gasteiger charge is -2.32. The van der Waals surface area contributed by atoms with Crippen LogP contribution in [-0.4, -0.2) is 52.0 Å². The minimum Gasteiger partial charge on any atom is -0.495 e. The lowest BCUT2D eigenvalue weighted by Crippen LogP contribution is -2.43. The van der Waals surface area contributed by atoms with Gasteiger partial charge in [0, 0.05) is 32.2 Å². The zero-order valence-electron chi connectivity index (χ0n) is 18.1. The second-order valence-electron chi connectivity index (χ2n) is 7.62. The number of ether oxygens (including phenoxy) is 1. The maximum absolute atomic E-state index is 12.6. The number of para-hydroxylation sites is 2. The first-order chi connectivity index (χ1) is 15.3. The zero-order valence-corrected chi connectivity index (χ0v) is 18.9. The summed E-state index contributed by atoms with van der Waals surface area (Å²) in [6, 6.07) is 13.0. The van der Waals surface area contributed by atoms with Crippen molar-refractivity contribution in [3.63, 3.8) is 0 Å². The predicted octanol–water partition coefficient (Wildman–Crippen LogP) is 2.88. The number of nitrogens with zero attached hydrogens (tertiary/aromatic N) is 1. The van der Waals surface area contributed by atoms with Gasteiger partial charge in [-0.25, -0.2) is 17.9 Å². The summed E-state index contributed by atoms with van der Waals surface area (Å²) < 4.78 is 33.0. The molecule has 0 radical (unpaired) electrons. The van der Waals surface area contributed by atoms with Crippen LogP contribution < -0.4 is 20.1 Å². The van der Waals surface area contributed by atoms with Gasteiger partial charge in [0.05, 0.1) is 17.7 Å². The fourth-order valence-corrected chi connectivity index (χ4v) is 4.63. The van der Waals surface area contributed by atoms with Crippen LogP contribution in [-0.2, 0) is 14.8 Å². The molecule has 9 nitrogen and oxygen atoms in total. The van der Waals surface area contributed by atoms with Crippen LogP contribution in [0.4, 0.5) is 16.2 Å². The molecule has 0 spiro atoms. The van der Waals surface area contributed by atoms with Crippen LogP contribution in [0.1, 0.15) is 19.8 Å². The van der Waals surface area contributed by atoms with Crippen molar-refractivity contribution in [2.45, 2.75) is 24.7 Å². The van der Waals surface area contributed by atoms with E-state index in [1.807, 2.05) is 12.1 Å². The molecular weight excluding hydrogens is 432 g/mol. The highest BCUT2D eigenvalue weighted by molar-refractivity contribution is 7.89. The van der Waals surface area contributed by atoms with Crippen molar-refractivity contribution in [1.29, 1.82) is 0 Å². The minimum atomic E-state index is -3.65. The molecule has 172 valence electrons. The summed E-state index contributed by atoms with van der Waals surface area (Å²) in [5.74, 6) is 0.510. The summed E-state index contributed by atoms with van der Waals surface area (Å²) in [7, 11) is -2.10. The number of nitrogens with one attached hydrogen (secondary N) is 3. The van der Waals surface area contributed by atoms with Gasteiger partial charge in [-0.15, -0.1) is 0 Å². The number of likely N-dealkylation sites (tertiary alicyclic amines) is 1. The van der Waals surface area contributed by atoms with E-state index in [2.05, 4.69) is 15.4 Å². The van der Waals surface area contributed by atoms with Crippen LogP contribution in [0.25, 0.3) is 0 Å². The number of anilines is 2. The van der Waals surface area contributed by atoms with Crippen molar-refractivity contribution in [3.8, 4) is 5.75 Å². The van der Waals surface area contributed by atoms with Gasteiger partial charge in [0.2, 0.25) is 15.9 Å². The number of amides is 3. The Bertz CT molecular complexity index is 1050. The SMILES string of the molecule is COc1ccccc1NC(=O)N1CCC(CNS(=O)(=O)c2ccc(NC(C)=O)cc2)CC1. The number of benzene rings is 2. The topological polar surface area (TPSA) is 117 Å². The first-order valence-corrected chi connectivity index (χ1v) is 11.8. The Labute approximate surface area is 188 Å². The second kappa shape index (κ2) is 10.5. The quantitative estimate of drug-likeness (QED) is 0.587. The summed E-state index contributed by atoms with van der Waals surface area (Å²) in [6.45, 7) is 2.77. The molecule has 2 aromatic rings. The monoisotopic (exact) mass is 460 g/mol. The third kappa shape index (κ3) is 6.21. The highest BCUT2D eigenvalue weighted by atomic mass is 32.2. The van der Waals surface area contributed by atoms with Gasteiger partial charge in [0.15, 0.2) is 0 Å². The Morgan fingerprint density at radius 3 is 2.31 bits per heavy atom. The van der Waals surface area contributed by atoms with E-state index in [0.29, 0.717) is 49.6 Å². The van der Waals surface area contributed by atoms with Crippen LogP contribution in [0, 0.1) is 5.92 Å². The maximum atomic E-state index is 12.6. The first-order valence-electron chi connectivity index (χ1n) is 10.3. The molecule has 10 heteroatoms. The Morgan fingerprint density at radius 2 is 1.69 bits per heavy atom. The number of piperidine rings is 1. The van der Waals surface area contributed by atoms with Crippen LogP contribution >= 0.6 is 0 Å². The molecule has 3 rings (SSSR count). The highest BCUT2D eigenvalue weighted by Crippen LogP contribution is 2.24. The molecule has 0 saturated carbocycles. The number of carbonyl (C=O) groups is 2. The highest BCUT2D eigenvalue weighted by Gasteiger charge is 2.25. The van der Waals surface area contributed by atoms with Gasteiger partial charge in [0.1, 0.15) is 5.75 Å². The Hall–Kier alpha value is -3.11. The van der Waals surface area contributed by atoms with Crippen molar-refractivity contribution < 1.29 is 22.7 Å². The molecule has 0 atom stereocenters. The van der Waals surface area contributed by atoms with Gasteiger partial charge >= 0.3 is 6.03 Å². The molecule has 0 aliphatic carbocycles. The van der Waals surface area contributed by atoms with E-state index >= 15 is 0 Å². The summed E-state index contributed by atoms with van der Waals surface area (Å²) in [5, 5.41) is 5.47. The third-order valence-corrected chi connectivity index (χ3v) is 6.74. The van der Waals surface area contributed by atoms with Gasteiger partial charge in [-0.1, -0.05) is 12.1 Å². The fraction of sp³-hybridized carbons (Fsp3) is 0.364. The van der Waals surface area contributed by atoms with Crippen molar-refractivity contribution >= 4 is 33.3 Å². The summed E-state index contributed by atoms with van der Waals surface area (Å²) in [5.41, 5.74) is 1.15.